The zero-order valence-electron chi connectivity index (χ0n) is 16.9. The smallest absolute Gasteiger partial charge is 0.252 e. The van der Waals surface area contributed by atoms with Gasteiger partial charge in [0.15, 0.2) is 0 Å². The molecule has 146 valence electrons. The largest absolute Gasteiger partial charge is 0.350 e. The van der Waals surface area contributed by atoms with Crippen LogP contribution in [-0.2, 0) is 0 Å². The average Bonchev–Trinajstić information content (AvgIpc) is 2.62. The van der Waals surface area contributed by atoms with E-state index in [0.717, 1.165) is 25.7 Å². The van der Waals surface area contributed by atoms with Crippen LogP contribution in [0.2, 0.25) is 0 Å². The summed E-state index contributed by atoms with van der Waals surface area (Å²) >= 11 is 0. The predicted octanol–water partition coefficient (Wildman–Crippen LogP) is 5.08. The van der Waals surface area contributed by atoms with E-state index in [-0.39, 0.29) is 23.9 Å². The van der Waals surface area contributed by atoms with Gasteiger partial charge < -0.3 is 10.6 Å². The molecule has 4 heteroatoms. The van der Waals surface area contributed by atoms with Gasteiger partial charge in [-0.15, -0.1) is 0 Å². The third-order valence-electron chi connectivity index (χ3n) is 4.65. The van der Waals surface area contributed by atoms with Gasteiger partial charge in [0.25, 0.3) is 11.8 Å². The Labute approximate surface area is 159 Å². The van der Waals surface area contributed by atoms with Crippen molar-refractivity contribution < 1.29 is 9.59 Å². The van der Waals surface area contributed by atoms with Crippen LogP contribution in [-0.4, -0.2) is 23.9 Å². The first-order valence-electron chi connectivity index (χ1n) is 10.2. The average molecular weight is 361 g/mol. The van der Waals surface area contributed by atoms with Crippen molar-refractivity contribution in [2.45, 2.75) is 91.1 Å². The van der Waals surface area contributed by atoms with E-state index in [2.05, 4.69) is 24.5 Å². The number of hydrogen-bond donors (Lipinski definition) is 2. The van der Waals surface area contributed by atoms with Gasteiger partial charge in [-0.05, 0) is 38.8 Å². The van der Waals surface area contributed by atoms with Crippen molar-refractivity contribution >= 4 is 11.8 Å². The lowest BCUT2D eigenvalue weighted by molar-refractivity contribution is 0.0903. The van der Waals surface area contributed by atoms with Crippen molar-refractivity contribution in [2.24, 2.45) is 0 Å². The first-order valence-corrected chi connectivity index (χ1v) is 10.2. The lowest BCUT2D eigenvalue weighted by atomic mass is 10.0. The lowest BCUT2D eigenvalue weighted by Crippen LogP contribution is -2.36. The third-order valence-corrected chi connectivity index (χ3v) is 4.65. The third kappa shape index (κ3) is 8.03. The zero-order chi connectivity index (χ0) is 19.4. The number of hydrogen-bond acceptors (Lipinski definition) is 2. The van der Waals surface area contributed by atoms with Crippen LogP contribution in [0.4, 0.5) is 0 Å². The molecule has 2 atom stereocenters. The van der Waals surface area contributed by atoms with Crippen molar-refractivity contribution in [1.29, 1.82) is 0 Å². The van der Waals surface area contributed by atoms with Crippen LogP contribution in [0.25, 0.3) is 0 Å². The number of nitrogens with one attached hydrogen (secondary N) is 2. The van der Waals surface area contributed by atoms with Gasteiger partial charge in [-0.2, -0.15) is 0 Å². The van der Waals surface area contributed by atoms with E-state index in [1.54, 1.807) is 24.3 Å². The van der Waals surface area contributed by atoms with Gasteiger partial charge in [0, 0.05) is 12.1 Å². The fourth-order valence-electron chi connectivity index (χ4n) is 3.03. The van der Waals surface area contributed by atoms with E-state index in [9.17, 15) is 9.59 Å². The zero-order valence-corrected chi connectivity index (χ0v) is 16.9. The molecule has 0 aliphatic carbocycles. The Morgan fingerprint density at radius 2 is 1.15 bits per heavy atom. The summed E-state index contributed by atoms with van der Waals surface area (Å²) in [6.07, 6.45) is 8.82. The summed E-state index contributed by atoms with van der Waals surface area (Å²) in [5, 5.41) is 6.05. The minimum Gasteiger partial charge on any atom is -0.350 e. The Morgan fingerprint density at radius 1 is 0.769 bits per heavy atom. The number of rotatable bonds is 12. The lowest BCUT2D eigenvalue weighted by Gasteiger charge is -2.17. The van der Waals surface area contributed by atoms with E-state index in [4.69, 9.17) is 0 Å². The summed E-state index contributed by atoms with van der Waals surface area (Å²) in [7, 11) is 0. The summed E-state index contributed by atoms with van der Waals surface area (Å²) in [6.45, 7) is 8.38. The Hall–Kier alpha value is -1.84. The van der Waals surface area contributed by atoms with Gasteiger partial charge in [-0.3, -0.25) is 9.59 Å². The van der Waals surface area contributed by atoms with Crippen molar-refractivity contribution in [3.8, 4) is 0 Å². The van der Waals surface area contributed by atoms with E-state index >= 15 is 0 Å². The van der Waals surface area contributed by atoms with E-state index in [1.807, 2.05) is 13.8 Å². The highest BCUT2D eigenvalue weighted by molar-refractivity contribution is 6.07. The number of carbonyl (C=O) groups is 2. The standard InChI is InChI=1S/C22H36N2O2/c1-5-7-9-13-17(3)23-21(25)19-15-11-12-16-20(19)22(26)24-18(4)14-10-8-6-2/h11-12,15-18H,5-10,13-14H2,1-4H3,(H,23,25)(H,24,26)/t17-,18+. The SMILES string of the molecule is CCCCC[C@@H](C)NC(=O)c1ccccc1C(=O)N[C@@H](C)CCCCC. The fraction of sp³-hybridized carbons (Fsp3) is 0.636. The van der Waals surface area contributed by atoms with Crippen molar-refractivity contribution in [2.75, 3.05) is 0 Å². The molecule has 0 radical (unpaired) electrons. The molecular formula is C22H36N2O2. The van der Waals surface area contributed by atoms with Crippen LogP contribution in [0.15, 0.2) is 24.3 Å². The molecule has 0 bridgehead atoms. The quantitative estimate of drug-likeness (QED) is 0.510. The molecule has 0 heterocycles. The monoisotopic (exact) mass is 360 g/mol. The van der Waals surface area contributed by atoms with Gasteiger partial charge in [-0.25, -0.2) is 0 Å². The molecule has 2 N–H and O–H groups in total. The molecule has 0 aliphatic heterocycles. The molecule has 1 rings (SSSR count). The topological polar surface area (TPSA) is 58.2 Å². The molecule has 0 spiro atoms. The molecule has 0 unspecified atom stereocenters. The summed E-state index contributed by atoms with van der Waals surface area (Å²) < 4.78 is 0. The van der Waals surface area contributed by atoms with Gasteiger partial charge in [0.2, 0.25) is 0 Å². The maximum atomic E-state index is 12.6. The number of benzene rings is 1. The highest BCUT2D eigenvalue weighted by Gasteiger charge is 2.19. The second-order valence-electron chi connectivity index (χ2n) is 7.29. The van der Waals surface area contributed by atoms with Crippen molar-refractivity contribution in [3.63, 3.8) is 0 Å². The molecule has 26 heavy (non-hydrogen) atoms. The second kappa shape index (κ2) is 12.5. The van der Waals surface area contributed by atoms with Crippen LogP contribution < -0.4 is 10.6 Å². The van der Waals surface area contributed by atoms with Gasteiger partial charge in [-0.1, -0.05) is 64.5 Å². The Balaban J connectivity index is 2.67. The summed E-state index contributed by atoms with van der Waals surface area (Å²) in [5.74, 6) is -0.336. The van der Waals surface area contributed by atoms with Gasteiger partial charge in [0.05, 0.1) is 11.1 Å². The first-order chi connectivity index (χ1) is 12.5. The van der Waals surface area contributed by atoms with E-state index < -0.39 is 0 Å². The molecule has 1 aromatic rings. The highest BCUT2D eigenvalue weighted by Crippen LogP contribution is 2.12. The Morgan fingerprint density at radius 3 is 1.50 bits per heavy atom. The molecule has 2 amide bonds. The number of amides is 2. The Bertz CT molecular complexity index is 508. The van der Waals surface area contributed by atoms with E-state index in [1.165, 1.54) is 25.7 Å². The molecular weight excluding hydrogens is 324 g/mol. The first kappa shape index (κ1) is 22.2. The van der Waals surface area contributed by atoms with Crippen LogP contribution >= 0.6 is 0 Å². The molecule has 1 aromatic carbocycles. The van der Waals surface area contributed by atoms with Crippen molar-refractivity contribution in [1.82, 2.24) is 10.6 Å². The predicted molar refractivity (Wildman–Crippen MR) is 109 cm³/mol. The molecule has 0 aliphatic rings. The molecule has 0 fully saturated rings. The maximum absolute atomic E-state index is 12.6. The second-order valence-corrected chi connectivity index (χ2v) is 7.29. The summed E-state index contributed by atoms with van der Waals surface area (Å²) in [6, 6.07) is 7.28. The molecule has 0 aromatic heterocycles. The highest BCUT2D eigenvalue weighted by atomic mass is 16.2. The van der Waals surface area contributed by atoms with Crippen LogP contribution in [0.5, 0.6) is 0 Å². The van der Waals surface area contributed by atoms with Crippen LogP contribution in [0, 0.1) is 0 Å². The summed E-state index contributed by atoms with van der Waals surface area (Å²) in [5.41, 5.74) is 0.904. The van der Waals surface area contributed by atoms with Gasteiger partial charge in [0.1, 0.15) is 0 Å². The fourth-order valence-corrected chi connectivity index (χ4v) is 3.03. The number of unbranched alkanes of at least 4 members (excludes halogenated alkanes) is 4. The van der Waals surface area contributed by atoms with E-state index in [0.29, 0.717) is 11.1 Å². The van der Waals surface area contributed by atoms with Gasteiger partial charge >= 0.3 is 0 Å². The van der Waals surface area contributed by atoms with Crippen LogP contribution in [0.1, 0.15) is 99.8 Å². The normalized spacial score (nSPS) is 13.1. The summed E-state index contributed by atoms with van der Waals surface area (Å²) in [4.78, 5) is 25.2. The minimum absolute atomic E-state index is 0.109. The van der Waals surface area contributed by atoms with Crippen LogP contribution in [0.3, 0.4) is 0 Å². The molecule has 0 saturated carbocycles. The van der Waals surface area contributed by atoms with Crippen molar-refractivity contribution in [3.05, 3.63) is 35.4 Å². The molecule has 4 nitrogen and oxygen atoms in total. The number of carbonyl (C=O) groups excluding carboxylic acids is 2. The minimum atomic E-state index is -0.168. The molecule has 0 saturated heterocycles. The maximum Gasteiger partial charge on any atom is 0.252 e. The Kier molecular flexibility index (Phi) is 10.7.